The summed E-state index contributed by atoms with van der Waals surface area (Å²) in [4.78, 5) is 20.2. The molecule has 38 heavy (non-hydrogen) atoms. The predicted octanol–water partition coefficient (Wildman–Crippen LogP) is 4.56. The molecule has 9 heteroatoms. The third-order valence-corrected chi connectivity index (χ3v) is 7.89. The summed E-state index contributed by atoms with van der Waals surface area (Å²) >= 11 is 6.46. The highest BCUT2D eigenvalue weighted by Gasteiger charge is 2.55. The van der Waals surface area contributed by atoms with E-state index in [2.05, 4.69) is 4.98 Å². The number of rotatable bonds is 5. The SMILES string of the molecule is C[C@H](N)c1cc2cccc(Cl)c2c(=O)n1-c1cccc(C2(C)OB(c3cncc(N(C)C)c3)OC2(C)C)c1. The number of fused-ring (bicyclic) bond motifs is 1. The van der Waals surface area contributed by atoms with Gasteiger partial charge in [-0.15, -0.1) is 0 Å². The minimum atomic E-state index is -0.825. The maximum absolute atomic E-state index is 13.8. The Morgan fingerprint density at radius 2 is 1.79 bits per heavy atom. The summed E-state index contributed by atoms with van der Waals surface area (Å²) in [6.45, 7) is 7.91. The van der Waals surface area contributed by atoms with Gasteiger partial charge in [0.05, 0.1) is 27.9 Å². The van der Waals surface area contributed by atoms with Gasteiger partial charge < -0.3 is 19.9 Å². The van der Waals surface area contributed by atoms with Gasteiger partial charge in [-0.3, -0.25) is 14.3 Å². The minimum absolute atomic E-state index is 0.213. The number of nitrogens with zero attached hydrogens (tertiary/aromatic N) is 3. The van der Waals surface area contributed by atoms with E-state index in [9.17, 15) is 4.79 Å². The molecule has 1 saturated heterocycles. The van der Waals surface area contributed by atoms with Gasteiger partial charge in [0.25, 0.3) is 5.56 Å². The van der Waals surface area contributed by atoms with Crippen molar-refractivity contribution < 1.29 is 9.31 Å². The first kappa shape index (κ1) is 26.4. The van der Waals surface area contributed by atoms with Crippen molar-refractivity contribution >= 4 is 40.6 Å². The molecule has 7 nitrogen and oxygen atoms in total. The summed E-state index contributed by atoms with van der Waals surface area (Å²) < 4.78 is 14.8. The minimum Gasteiger partial charge on any atom is -0.399 e. The van der Waals surface area contributed by atoms with E-state index in [0.29, 0.717) is 21.8 Å². The van der Waals surface area contributed by atoms with Crippen LogP contribution in [0.15, 0.2) is 71.8 Å². The van der Waals surface area contributed by atoms with Crippen LogP contribution in [0.5, 0.6) is 0 Å². The average Bonchev–Trinajstić information content (AvgIpc) is 3.13. The quantitative estimate of drug-likeness (QED) is 0.381. The van der Waals surface area contributed by atoms with E-state index in [1.54, 1.807) is 23.0 Å². The maximum Gasteiger partial charge on any atom is 0.496 e. The molecule has 1 unspecified atom stereocenters. The number of hydrogen-bond donors (Lipinski definition) is 1. The average molecular weight is 531 g/mol. The van der Waals surface area contributed by atoms with E-state index in [4.69, 9.17) is 26.6 Å². The molecular weight excluding hydrogens is 499 g/mol. The van der Waals surface area contributed by atoms with Crippen molar-refractivity contribution in [2.75, 3.05) is 19.0 Å². The van der Waals surface area contributed by atoms with Crippen LogP contribution in [0.25, 0.3) is 16.5 Å². The molecule has 1 fully saturated rings. The second kappa shape index (κ2) is 9.54. The van der Waals surface area contributed by atoms with Gasteiger partial charge in [-0.25, -0.2) is 0 Å². The van der Waals surface area contributed by atoms with Crippen LogP contribution in [-0.2, 0) is 14.9 Å². The number of halogens is 1. The van der Waals surface area contributed by atoms with E-state index in [1.807, 2.05) is 95.2 Å². The van der Waals surface area contributed by atoms with Gasteiger partial charge in [-0.2, -0.15) is 0 Å². The lowest BCUT2D eigenvalue weighted by atomic mass is 9.80. The van der Waals surface area contributed by atoms with Crippen molar-refractivity contribution in [3.63, 3.8) is 0 Å². The molecular formula is C29H32BClN4O3. The number of aromatic nitrogens is 2. The van der Waals surface area contributed by atoms with E-state index < -0.39 is 18.3 Å². The van der Waals surface area contributed by atoms with Gasteiger partial charge in [0.2, 0.25) is 0 Å². The highest BCUT2D eigenvalue weighted by atomic mass is 35.5. The number of nitrogens with two attached hydrogens (primary N) is 1. The molecule has 1 aliphatic rings. The van der Waals surface area contributed by atoms with Crippen LogP contribution in [0.1, 0.15) is 45.0 Å². The van der Waals surface area contributed by atoms with Crippen LogP contribution in [-0.4, -0.2) is 36.4 Å². The third kappa shape index (κ3) is 4.31. The summed E-state index contributed by atoms with van der Waals surface area (Å²) in [6, 6.07) is 16.8. The lowest BCUT2D eigenvalue weighted by molar-refractivity contribution is -0.0133. The van der Waals surface area contributed by atoms with Crippen molar-refractivity contribution in [3.8, 4) is 5.69 Å². The summed E-state index contributed by atoms with van der Waals surface area (Å²) in [5.74, 6) is 0. The Labute approximate surface area is 228 Å². The molecule has 2 aromatic heterocycles. The molecule has 0 amide bonds. The first-order chi connectivity index (χ1) is 17.9. The van der Waals surface area contributed by atoms with Crippen LogP contribution in [0, 0.1) is 0 Å². The monoisotopic (exact) mass is 530 g/mol. The Hall–Kier alpha value is -3.17. The predicted molar refractivity (Wildman–Crippen MR) is 155 cm³/mol. The summed E-state index contributed by atoms with van der Waals surface area (Å²) in [5.41, 5.74) is 8.67. The van der Waals surface area contributed by atoms with Crippen LogP contribution in [0.3, 0.4) is 0 Å². The maximum atomic E-state index is 13.8. The Morgan fingerprint density at radius 3 is 2.50 bits per heavy atom. The highest BCUT2D eigenvalue weighted by Crippen LogP contribution is 2.45. The van der Waals surface area contributed by atoms with Crippen LogP contribution in [0.4, 0.5) is 5.69 Å². The van der Waals surface area contributed by atoms with Crippen LogP contribution in [0.2, 0.25) is 5.02 Å². The zero-order chi connectivity index (χ0) is 27.4. The molecule has 196 valence electrons. The zero-order valence-electron chi connectivity index (χ0n) is 22.5. The first-order valence-electron chi connectivity index (χ1n) is 12.6. The molecule has 0 radical (unpaired) electrons. The van der Waals surface area contributed by atoms with E-state index in [1.165, 1.54) is 0 Å². The topological polar surface area (TPSA) is 82.6 Å². The van der Waals surface area contributed by atoms with Crippen molar-refractivity contribution in [2.45, 2.75) is 44.9 Å². The molecule has 2 aromatic carbocycles. The lowest BCUT2D eigenvalue weighted by Crippen LogP contribution is -2.42. The standard InChI is InChI=1S/C29H32BClN4O3/c1-18(32)25-13-19-9-7-12-24(31)26(19)27(36)35(25)22-11-8-10-20(14-22)29(4)28(2,3)37-30(38-29)21-15-23(34(5)6)17-33-16-21/h7-18H,32H2,1-6H3/t18-,29?/m0/s1. The molecule has 0 bridgehead atoms. The Kier molecular flexibility index (Phi) is 6.64. The van der Waals surface area contributed by atoms with E-state index >= 15 is 0 Å². The molecule has 5 rings (SSSR count). The molecule has 4 aromatic rings. The van der Waals surface area contributed by atoms with Crippen LogP contribution >= 0.6 is 11.6 Å². The number of hydrogen-bond acceptors (Lipinski definition) is 6. The van der Waals surface area contributed by atoms with E-state index in [0.717, 1.165) is 22.1 Å². The largest absolute Gasteiger partial charge is 0.496 e. The molecule has 3 heterocycles. The Balaban J connectivity index is 1.62. The summed E-state index contributed by atoms with van der Waals surface area (Å²) in [7, 11) is 3.33. The van der Waals surface area contributed by atoms with Gasteiger partial charge in [-0.05, 0) is 69.0 Å². The fraction of sp³-hybridized carbons (Fsp3) is 0.310. The number of anilines is 1. The fourth-order valence-corrected chi connectivity index (χ4v) is 5.28. The molecule has 0 spiro atoms. The van der Waals surface area contributed by atoms with Gasteiger partial charge in [0, 0.05) is 43.2 Å². The second-order valence-electron chi connectivity index (χ2n) is 10.7. The fourth-order valence-electron chi connectivity index (χ4n) is 5.01. The number of benzene rings is 2. The van der Waals surface area contributed by atoms with Crippen molar-refractivity contribution in [3.05, 3.63) is 93.6 Å². The number of pyridine rings is 2. The van der Waals surface area contributed by atoms with Crippen molar-refractivity contribution in [2.24, 2.45) is 5.73 Å². The Bertz CT molecular complexity index is 1590. The third-order valence-electron chi connectivity index (χ3n) is 7.57. The van der Waals surface area contributed by atoms with Gasteiger partial charge in [-0.1, -0.05) is 35.9 Å². The Morgan fingerprint density at radius 1 is 1.05 bits per heavy atom. The van der Waals surface area contributed by atoms with Crippen molar-refractivity contribution in [1.82, 2.24) is 9.55 Å². The van der Waals surface area contributed by atoms with Crippen molar-refractivity contribution in [1.29, 1.82) is 0 Å². The lowest BCUT2D eigenvalue weighted by Gasteiger charge is -2.37. The van der Waals surface area contributed by atoms with Gasteiger partial charge in [0.1, 0.15) is 5.60 Å². The smallest absolute Gasteiger partial charge is 0.399 e. The molecule has 0 saturated carbocycles. The molecule has 2 N–H and O–H groups in total. The normalized spacial score (nSPS) is 19.6. The van der Waals surface area contributed by atoms with Gasteiger partial charge >= 0.3 is 7.12 Å². The summed E-state index contributed by atoms with van der Waals surface area (Å²) in [5, 5.41) is 1.63. The summed E-state index contributed by atoms with van der Waals surface area (Å²) in [6.07, 6.45) is 3.57. The first-order valence-corrected chi connectivity index (χ1v) is 13.0. The second-order valence-corrected chi connectivity index (χ2v) is 11.1. The molecule has 1 aliphatic heterocycles. The van der Waals surface area contributed by atoms with E-state index in [-0.39, 0.29) is 11.6 Å². The molecule has 2 atom stereocenters. The zero-order valence-corrected chi connectivity index (χ0v) is 23.3. The van der Waals surface area contributed by atoms with Crippen LogP contribution < -0.4 is 21.7 Å². The van der Waals surface area contributed by atoms with Gasteiger partial charge in [0.15, 0.2) is 0 Å². The highest BCUT2D eigenvalue weighted by molar-refractivity contribution is 6.62. The molecule has 0 aliphatic carbocycles.